The van der Waals surface area contributed by atoms with E-state index in [1.54, 1.807) is 0 Å². The lowest BCUT2D eigenvalue weighted by molar-refractivity contribution is -0.167. The van der Waals surface area contributed by atoms with E-state index in [0.29, 0.717) is 19.3 Å². The largest absolute Gasteiger partial charge is 0.462 e. The second-order valence-corrected chi connectivity index (χ2v) is 23.4. The van der Waals surface area contributed by atoms with Crippen LogP contribution >= 0.6 is 0 Å². The molecule has 6 heteroatoms. The minimum Gasteiger partial charge on any atom is -0.462 e. The highest BCUT2D eigenvalue weighted by atomic mass is 16.6. The number of allylic oxidation sites excluding steroid dienone is 10. The highest BCUT2D eigenvalue weighted by molar-refractivity contribution is 5.71. The lowest BCUT2D eigenvalue weighted by Gasteiger charge is -2.18. The molecule has 79 heavy (non-hydrogen) atoms. The number of carbonyl (C=O) groups excluding carboxylic acids is 3. The fourth-order valence-electron chi connectivity index (χ4n) is 10.2. The summed E-state index contributed by atoms with van der Waals surface area (Å²) >= 11 is 0. The van der Waals surface area contributed by atoms with Crippen LogP contribution in [0.5, 0.6) is 0 Å². The van der Waals surface area contributed by atoms with Crippen molar-refractivity contribution in [1.29, 1.82) is 0 Å². The molecule has 0 heterocycles. The minimum absolute atomic E-state index is 0.0721. The van der Waals surface area contributed by atoms with Gasteiger partial charge in [0, 0.05) is 19.3 Å². The van der Waals surface area contributed by atoms with E-state index in [2.05, 4.69) is 81.5 Å². The molecule has 0 aromatic heterocycles. The maximum Gasteiger partial charge on any atom is 0.306 e. The quantitative estimate of drug-likeness (QED) is 0.0261. The number of carbonyl (C=O) groups is 3. The normalized spacial score (nSPS) is 12.4. The van der Waals surface area contributed by atoms with Crippen molar-refractivity contribution in [3.8, 4) is 0 Å². The van der Waals surface area contributed by atoms with E-state index in [-0.39, 0.29) is 31.1 Å². The molecule has 0 aliphatic carbocycles. The number of unbranched alkanes of at least 4 members (excludes halogenated alkanes) is 43. The van der Waals surface area contributed by atoms with Crippen LogP contribution in [-0.2, 0) is 28.6 Å². The van der Waals surface area contributed by atoms with Gasteiger partial charge in [-0.15, -0.1) is 0 Å². The molecule has 460 valence electrons. The Morgan fingerprint density at radius 2 is 0.456 bits per heavy atom. The van der Waals surface area contributed by atoms with Crippen LogP contribution in [0.1, 0.15) is 367 Å². The molecule has 6 nitrogen and oxygen atoms in total. The van der Waals surface area contributed by atoms with Crippen LogP contribution in [0.15, 0.2) is 60.8 Å². The maximum atomic E-state index is 12.9. The number of esters is 3. The number of rotatable bonds is 64. The number of hydrogen-bond donors (Lipinski definition) is 0. The van der Waals surface area contributed by atoms with Crippen molar-refractivity contribution >= 4 is 17.9 Å². The first-order chi connectivity index (χ1) is 39.0. The van der Waals surface area contributed by atoms with Gasteiger partial charge in [0.15, 0.2) is 6.10 Å². The summed E-state index contributed by atoms with van der Waals surface area (Å²) in [5.41, 5.74) is 0. The van der Waals surface area contributed by atoms with Gasteiger partial charge in [-0.2, -0.15) is 0 Å². The molecule has 0 spiro atoms. The molecule has 0 aliphatic rings. The SMILES string of the molecule is CCCCC/C=C\C/C=C\CCCCCCCCCCCC(=O)OC(COC(=O)CCCCCCCCCCCCCC/C=C\C/C=C\C/C=C\CCCCCCC)COC(=O)CCCCCCCCCCCCCCCCC. The summed E-state index contributed by atoms with van der Waals surface area (Å²) in [5, 5.41) is 0. The van der Waals surface area contributed by atoms with Crippen LogP contribution in [-0.4, -0.2) is 37.2 Å². The lowest BCUT2D eigenvalue weighted by atomic mass is 10.0. The highest BCUT2D eigenvalue weighted by Crippen LogP contribution is 2.18. The van der Waals surface area contributed by atoms with Crippen molar-refractivity contribution in [2.24, 2.45) is 0 Å². The lowest BCUT2D eigenvalue weighted by Crippen LogP contribution is -2.30. The Labute approximate surface area is 491 Å². The minimum atomic E-state index is -0.777. The molecule has 1 atom stereocenters. The Balaban J connectivity index is 4.29. The molecule has 0 rings (SSSR count). The van der Waals surface area contributed by atoms with Crippen molar-refractivity contribution in [2.45, 2.75) is 374 Å². The van der Waals surface area contributed by atoms with Crippen molar-refractivity contribution in [1.82, 2.24) is 0 Å². The molecular weight excluding hydrogens is 973 g/mol. The summed E-state index contributed by atoms with van der Waals surface area (Å²) in [5.74, 6) is -0.855. The van der Waals surface area contributed by atoms with Gasteiger partial charge < -0.3 is 14.2 Å². The van der Waals surface area contributed by atoms with E-state index in [4.69, 9.17) is 14.2 Å². The molecule has 0 fully saturated rings. The molecule has 0 saturated heterocycles. The van der Waals surface area contributed by atoms with Crippen LogP contribution in [0, 0.1) is 0 Å². The molecule has 0 aromatic rings. The molecule has 0 radical (unpaired) electrons. The topological polar surface area (TPSA) is 78.9 Å². The molecule has 0 N–H and O–H groups in total. The van der Waals surface area contributed by atoms with E-state index in [9.17, 15) is 14.4 Å². The van der Waals surface area contributed by atoms with Gasteiger partial charge in [0.25, 0.3) is 0 Å². The summed E-state index contributed by atoms with van der Waals surface area (Å²) < 4.78 is 17.0. The van der Waals surface area contributed by atoms with Crippen LogP contribution in [0.3, 0.4) is 0 Å². The first-order valence-corrected chi connectivity index (χ1v) is 34.8. The Morgan fingerprint density at radius 3 is 0.734 bits per heavy atom. The Bertz CT molecular complexity index is 1410. The first-order valence-electron chi connectivity index (χ1n) is 34.8. The van der Waals surface area contributed by atoms with E-state index in [1.807, 2.05) is 0 Å². The van der Waals surface area contributed by atoms with E-state index >= 15 is 0 Å². The highest BCUT2D eigenvalue weighted by Gasteiger charge is 2.19. The molecule has 0 aliphatic heterocycles. The summed E-state index contributed by atoms with van der Waals surface area (Å²) in [4.78, 5) is 38.4. The number of hydrogen-bond acceptors (Lipinski definition) is 6. The summed E-state index contributed by atoms with van der Waals surface area (Å²) in [6.07, 6.45) is 86.6. The second kappa shape index (κ2) is 67.6. The number of ether oxygens (including phenoxy) is 3. The molecule has 0 bridgehead atoms. The first kappa shape index (κ1) is 76.1. The van der Waals surface area contributed by atoms with Crippen molar-refractivity contribution in [2.75, 3.05) is 13.2 Å². The molecule has 0 aromatic carbocycles. The zero-order chi connectivity index (χ0) is 57.1. The fourth-order valence-corrected chi connectivity index (χ4v) is 10.2. The smallest absolute Gasteiger partial charge is 0.306 e. The average Bonchev–Trinajstić information content (AvgIpc) is 3.45. The Kier molecular flexibility index (Phi) is 65.1. The van der Waals surface area contributed by atoms with Crippen molar-refractivity contribution < 1.29 is 28.6 Å². The van der Waals surface area contributed by atoms with E-state index in [1.165, 1.54) is 250 Å². The van der Waals surface area contributed by atoms with Crippen molar-refractivity contribution in [3.63, 3.8) is 0 Å². The molecule has 0 saturated carbocycles. The van der Waals surface area contributed by atoms with Gasteiger partial charge in [-0.1, -0.05) is 319 Å². The van der Waals surface area contributed by atoms with Crippen LogP contribution in [0.2, 0.25) is 0 Å². The van der Waals surface area contributed by atoms with Gasteiger partial charge in [0.1, 0.15) is 13.2 Å². The third kappa shape index (κ3) is 65.8. The zero-order valence-electron chi connectivity index (χ0n) is 52.9. The predicted molar refractivity (Wildman–Crippen MR) is 344 cm³/mol. The van der Waals surface area contributed by atoms with Crippen molar-refractivity contribution in [3.05, 3.63) is 60.8 Å². The predicted octanol–water partition coefficient (Wildman–Crippen LogP) is 23.9. The fraction of sp³-hybridized carbons (Fsp3) is 0.822. The summed E-state index contributed by atoms with van der Waals surface area (Å²) in [7, 11) is 0. The molecule has 1 unspecified atom stereocenters. The van der Waals surface area contributed by atoms with E-state index < -0.39 is 6.10 Å². The maximum absolute atomic E-state index is 12.9. The summed E-state index contributed by atoms with van der Waals surface area (Å²) in [6.45, 7) is 6.66. The van der Waals surface area contributed by atoms with Gasteiger partial charge in [-0.05, 0) is 89.9 Å². The van der Waals surface area contributed by atoms with Gasteiger partial charge in [0.05, 0.1) is 0 Å². The Morgan fingerprint density at radius 1 is 0.253 bits per heavy atom. The van der Waals surface area contributed by atoms with E-state index in [0.717, 1.165) is 77.0 Å². The Hall–Kier alpha value is -2.89. The monoisotopic (exact) mass is 1110 g/mol. The van der Waals surface area contributed by atoms with Gasteiger partial charge in [-0.25, -0.2) is 0 Å². The van der Waals surface area contributed by atoms with Gasteiger partial charge in [0.2, 0.25) is 0 Å². The zero-order valence-corrected chi connectivity index (χ0v) is 52.9. The summed E-state index contributed by atoms with van der Waals surface area (Å²) in [6, 6.07) is 0. The third-order valence-corrected chi connectivity index (χ3v) is 15.5. The molecular formula is C73H132O6. The van der Waals surface area contributed by atoms with Crippen LogP contribution < -0.4 is 0 Å². The van der Waals surface area contributed by atoms with Crippen LogP contribution in [0.4, 0.5) is 0 Å². The van der Waals surface area contributed by atoms with Crippen LogP contribution in [0.25, 0.3) is 0 Å². The molecule has 0 amide bonds. The standard InChI is InChI=1S/C73H132O6/c1-4-7-10-13-16-19-22-25-28-30-32-33-34-35-36-37-38-39-41-42-45-48-51-54-57-60-63-66-72(75)78-69-70(68-77-71(74)65-62-59-56-53-50-47-44-27-24-21-18-15-12-9-6-3)79-73(76)67-64-61-58-55-52-49-46-43-40-31-29-26-23-20-17-14-11-8-5-2/h17,20,22,25-26,29-30,32,34-35,70H,4-16,18-19,21,23-24,27-28,31,33,36-69H2,1-3H3/b20-17-,25-22-,29-26-,32-30-,35-34-. The van der Waals surface area contributed by atoms with Gasteiger partial charge >= 0.3 is 17.9 Å². The van der Waals surface area contributed by atoms with Gasteiger partial charge in [-0.3, -0.25) is 14.4 Å². The third-order valence-electron chi connectivity index (χ3n) is 15.5. The average molecular weight is 1110 g/mol. The second-order valence-electron chi connectivity index (χ2n) is 23.4.